The second kappa shape index (κ2) is 7.04. The van der Waals surface area contributed by atoms with Gasteiger partial charge < -0.3 is 4.90 Å². The molecule has 0 spiro atoms. The molecule has 9 heteroatoms. The molecule has 0 aliphatic carbocycles. The van der Waals surface area contributed by atoms with E-state index in [1.165, 1.54) is 10.9 Å². The van der Waals surface area contributed by atoms with Crippen LogP contribution in [-0.2, 0) is 17.9 Å². The summed E-state index contributed by atoms with van der Waals surface area (Å²) in [4.78, 5) is 24.8. The average molecular weight is 348 g/mol. The van der Waals surface area contributed by atoms with E-state index in [9.17, 15) is 14.9 Å². The number of amides is 1. The van der Waals surface area contributed by atoms with Crippen molar-refractivity contribution in [3.8, 4) is 0 Å². The molecule has 25 heavy (non-hydrogen) atoms. The maximum absolute atomic E-state index is 12.7. The molecule has 0 N–H and O–H groups in total. The first kappa shape index (κ1) is 18.6. The molecule has 0 aliphatic rings. The van der Waals surface area contributed by atoms with Crippen LogP contribution in [0.3, 0.4) is 0 Å². The Morgan fingerprint density at radius 1 is 1.32 bits per heavy atom. The minimum absolute atomic E-state index is 0.0850. The van der Waals surface area contributed by atoms with Gasteiger partial charge in [0.1, 0.15) is 17.9 Å². The van der Waals surface area contributed by atoms with Gasteiger partial charge in [0, 0.05) is 31.4 Å². The molecule has 0 unspecified atom stereocenters. The van der Waals surface area contributed by atoms with Crippen molar-refractivity contribution in [3.05, 3.63) is 39.0 Å². The number of nitrogens with zero attached hydrogens (tertiary/aromatic N) is 6. The summed E-state index contributed by atoms with van der Waals surface area (Å²) in [5, 5.41) is 19.5. The Morgan fingerprint density at radius 2 is 1.96 bits per heavy atom. The molecular formula is C16H24N6O3. The summed E-state index contributed by atoms with van der Waals surface area (Å²) in [5.41, 5.74) is 3.17. The van der Waals surface area contributed by atoms with Gasteiger partial charge in [-0.25, -0.2) is 0 Å². The van der Waals surface area contributed by atoms with Gasteiger partial charge in [-0.1, -0.05) is 0 Å². The van der Waals surface area contributed by atoms with E-state index in [-0.39, 0.29) is 11.6 Å². The van der Waals surface area contributed by atoms with E-state index in [2.05, 4.69) is 10.2 Å². The second-order valence-electron chi connectivity index (χ2n) is 6.17. The van der Waals surface area contributed by atoms with E-state index < -0.39 is 11.0 Å². The first-order chi connectivity index (χ1) is 11.7. The largest absolute Gasteiger partial charge is 0.339 e. The smallest absolute Gasteiger partial charge is 0.309 e. The number of carbonyl (C=O) groups excluding carboxylic acids is 1. The fourth-order valence-corrected chi connectivity index (χ4v) is 2.87. The van der Waals surface area contributed by atoms with Gasteiger partial charge in [0.15, 0.2) is 0 Å². The summed E-state index contributed by atoms with van der Waals surface area (Å²) in [6, 6.07) is -0.626. The lowest BCUT2D eigenvalue weighted by molar-refractivity contribution is -0.385. The van der Waals surface area contributed by atoms with Gasteiger partial charge in [-0.3, -0.25) is 24.3 Å². The highest BCUT2D eigenvalue weighted by atomic mass is 16.6. The van der Waals surface area contributed by atoms with Crippen molar-refractivity contribution in [3.63, 3.8) is 0 Å². The van der Waals surface area contributed by atoms with Crippen LogP contribution in [0.1, 0.15) is 42.5 Å². The standard InChI is InChI=1S/C16H24N6O3/c1-7-20-12(4)14(10(2)17-20)8-19(6)16(23)13(5)21-9-15(22(24)25)11(3)18-21/h9,13H,7-8H2,1-6H3/t13-/m0/s1. The van der Waals surface area contributed by atoms with Crippen molar-refractivity contribution in [1.29, 1.82) is 0 Å². The quantitative estimate of drug-likeness (QED) is 0.588. The Balaban J connectivity index is 2.18. The highest BCUT2D eigenvalue weighted by Crippen LogP contribution is 2.21. The van der Waals surface area contributed by atoms with Gasteiger partial charge >= 0.3 is 5.69 Å². The number of hydrogen-bond acceptors (Lipinski definition) is 5. The van der Waals surface area contributed by atoms with Gasteiger partial charge in [0.25, 0.3) is 0 Å². The van der Waals surface area contributed by atoms with Crippen LogP contribution < -0.4 is 0 Å². The molecule has 2 aromatic heterocycles. The van der Waals surface area contributed by atoms with Gasteiger partial charge in [-0.15, -0.1) is 0 Å². The molecule has 1 atom stereocenters. The molecule has 136 valence electrons. The van der Waals surface area contributed by atoms with Crippen molar-refractivity contribution in [1.82, 2.24) is 24.5 Å². The van der Waals surface area contributed by atoms with Crippen LogP contribution in [0.25, 0.3) is 0 Å². The molecule has 0 saturated carbocycles. The lowest BCUT2D eigenvalue weighted by Gasteiger charge is -2.21. The third-order valence-electron chi connectivity index (χ3n) is 4.44. The van der Waals surface area contributed by atoms with Gasteiger partial charge in [0.05, 0.1) is 10.6 Å². The summed E-state index contributed by atoms with van der Waals surface area (Å²) in [7, 11) is 1.71. The fraction of sp³-hybridized carbons (Fsp3) is 0.562. The molecule has 0 radical (unpaired) electrons. The molecule has 2 aromatic rings. The van der Waals surface area contributed by atoms with Crippen molar-refractivity contribution in [2.75, 3.05) is 7.05 Å². The van der Waals surface area contributed by atoms with Crippen LogP contribution >= 0.6 is 0 Å². The normalized spacial score (nSPS) is 12.2. The summed E-state index contributed by atoms with van der Waals surface area (Å²) < 4.78 is 3.26. The van der Waals surface area contributed by atoms with E-state index in [4.69, 9.17) is 0 Å². The minimum Gasteiger partial charge on any atom is -0.339 e. The highest BCUT2D eigenvalue weighted by Gasteiger charge is 2.25. The van der Waals surface area contributed by atoms with Crippen LogP contribution in [0.2, 0.25) is 0 Å². The third-order valence-corrected chi connectivity index (χ3v) is 4.44. The average Bonchev–Trinajstić information content (AvgIpc) is 3.08. The van der Waals surface area contributed by atoms with Crippen molar-refractivity contribution < 1.29 is 9.72 Å². The first-order valence-corrected chi connectivity index (χ1v) is 8.15. The van der Waals surface area contributed by atoms with Crippen LogP contribution in [0, 0.1) is 30.9 Å². The zero-order valence-corrected chi connectivity index (χ0v) is 15.5. The summed E-state index contributed by atoms with van der Waals surface area (Å²) in [6.07, 6.45) is 1.30. The summed E-state index contributed by atoms with van der Waals surface area (Å²) in [6.45, 7) is 10.4. The number of aromatic nitrogens is 4. The maximum atomic E-state index is 12.7. The van der Waals surface area contributed by atoms with E-state index in [0.29, 0.717) is 12.2 Å². The Kier molecular flexibility index (Phi) is 5.24. The van der Waals surface area contributed by atoms with Crippen LogP contribution in [0.4, 0.5) is 5.69 Å². The number of nitro groups is 1. The lowest BCUT2D eigenvalue weighted by atomic mass is 10.1. The van der Waals surface area contributed by atoms with Crippen LogP contribution in [-0.4, -0.2) is 42.3 Å². The van der Waals surface area contributed by atoms with E-state index in [1.807, 2.05) is 25.5 Å². The molecule has 1 amide bonds. The molecule has 2 rings (SSSR count). The SMILES string of the molecule is CCn1nc(C)c(CN(C)C(=O)[C@H](C)n2cc([N+](=O)[O-])c(C)n2)c1C. The molecule has 2 heterocycles. The fourth-order valence-electron chi connectivity index (χ4n) is 2.87. The van der Waals surface area contributed by atoms with E-state index >= 15 is 0 Å². The van der Waals surface area contributed by atoms with Crippen molar-refractivity contribution in [2.24, 2.45) is 0 Å². The Labute approximate surface area is 146 Å². The monoisotopic (exact) mass is 348 g/mol. The van der Waals surface area contributed by atoms with Gasteiger partial charge in [0.2, 0.25) is 5.91 Å². The minimum atomic E-state index is -0.626. The molecular weight excluding hydrogens is 324 g/mol. The zero-order valence-electron chi connectivity index (χ0n) is 15.5. The molecule has 0 aliphatic heterocycles. The molecule has 0 fully saturated rings. The van der Waals surface area contributed by atoms with Crippen molar-refractivity contribution >= 4 is 11.6 Å². The number of likely N-dealkylation sites (N-methyl/N-ethyl adjacent to an activating group) is 1. The van der Waals surface area contributed by atoms with Crippen LogP contribution in [0.5, 0.6) is 0 Å². The highest BCUT2D eigenvalue weighted by molar-refractivity contribution is 5.79. The predicted octanol–water partition coefficient (Wildman–Crippen LogP) is 2.15. The summed E-state index contributed by atoms with van der Waals surface area (Å²) in [5.74, 6) is -0.166. The number of rotatable bonds is 6. The number of carbonyl (C=O) groups is 1. The van der Waals surface area contributed by atoms with Crippen molar-refractivity contribution in [2.45, 2.75) is 53.8 Å². The van der Waals surface area contributed by atoms with Crippen LogP contribution in [0.15, 0.2) is 6.20 Å². The number of aryl methyl sites for hydroxylation is 3. The lowest BCUT2D eigenvalue weighted by Crippen LogP contribution is -2.33. The summed E-state index contributed by atoms with van der Waals surface area (Å²) >= 11 is 0. The zero-order chi connectivity index (χ0) is 18.9. The maximum Gasteiger partial charge on any atom is 0.309 e. The Morgan fingerprint density at radius 3 is 2.44 bits per heavy atom. The Bertz CT molecular complexity index is 807. The van der Waals surface area contributed by atoms with Gasteiger partial charge in [-0.2, -0.15) is 10.2 Å². The first-order valence-electron chi connectivity index (χ1n) is 8.15. The third kappa shape index (κ3) is 3.54. The molecule has 0 aromatic carbocycles. The van der Waals surface area contributed by atoms with E-state index in [0.717, 1.165) is 23.5 Å². The second-order valence-corrected chi connectivity index (χ2v) is 6.17. The van der Waals surface area contributed by atoms with Gasteiger partial charge in [-0.05, 0) is 34.6 Å². The Hall–Kier alpha value is -2.71. The predicted molar refractivity (Wildman–Crippen MR) is 92.2 cm³/mol. The molecule has 0 bridgehead atoms. The number of hydrogen-bond donors (Lipinski definition) is 0. The molecule has 9 nitrogen and oxygen atoms in total. The molecule has 0 saturated heterocycles. The topological polar surface area (TPSA) is 99.1 Å². The van der Waals surface area contributed by atoms with E-state index in [1.54, 1.807) is 25.8 Å².